The zero-order chi connectivity index (χ0) is 20.1. The van der Waals surface area contributed by atoms with Gasteiger partial charge in [0.25, 0.3) is 5.91 Å². The first-order valence-corrected chi connectivity index (χ1v) is 9.94. The van der Waals surface area contributed by atoms with Crippen molar-refractivity contribution < 1.29 is 23.8 Å². The van der Waals surface area contributed by atoms with Gasteiger partial charge in [-0.05, 0) is 38.5 Å². The van der Waals surface area contributed by atoms with Gasteiger partial charge in [0, 0.05) is 32.7 Å². The third-order valence-electron chi connectivity index (χ3n) is 5.01. The second-order valence-electron chi connectivity index (χ2n) is 7.75. The van der Waals surface area contributed by atoms with Gasteiger partial charge in [0.15, 0.2) is 6.61 Å². The van der Waals surface area contributed by atoms with Gasteiger partial charge in [-0.2, -0.15) is 0 Å². The first-order chi connectivity index (χ1) is 13.4. The van der Waals surface area contributed by atoms with Crippen molar-refractivity contribution >= 4 is 11.9 Å². The Kier molecular flexibility index (Phi) is 7.04. The highest BCUT2D eigenvalue weighted by Crippen LogP contribution is 2.15. The number of carbonyl (C=O) groups is 2. The van der Waals surface area contributed by atoms with Gasteiger partial charge in [0.2, 0.25) is 0 Å². The standard InChI is InChI=1S/C21H30N2O5/c1-15-12-23(8-9-26-15)20(24)14-27-21(25)19-6-4-18(5-7-19)13-22-10-16(2)28-17(3)11-22/h4-7,15-17H,8-14H2,1-3H3. The monoisotopic (exact) mass is 390 g/mol. The third-order valence-corrected chi connectivity index (χ3v) is 5.01. The van der Waals surface area contributed by atoms with E-state index in [0.29, 0.717) is 25.3 Å². The Morgan fingerprint density at radius 1 is 1.04 bits per heavy atom. The van der Waals surface area contributed by atoms with Crippen molar-refractivity contribution in [1.29, 1.82) is 0 Å². The van der Waals surface area contributed by atoms with E-state index in [-0.39, 0.29) is 30.8 Å². The molecule has 0 saturated carbocycles. The second kappa shape index (κ2) is 9.49. The molecule has 2 saturated heterocycles. The molecule has 2 heterocycles. The fourth-order valence-corrected chi connectivity index (χ4v) is 3.76. The largest absolute Gasteiger partial charge is 0.452 e. The van der Waals surface area contributed by atoms with E-state index in [4.69, 9.17) is 14.2 Å². The van der Waals surface area contributed by atoms with Gasteiger partial charge in [-0.1, -0.05) is 12.1 Å². The molecule has 3 atom stereocenters. The van der Waals surface area contributed by atoms with Gasteiger partial charge < -0.3 is 19.1 Å². The second-order valence-corrected chi connectivity index (χ2v) is 7.75. The summed E-state index contributed by atoms with van der Waals surface area (Å²) in [6, 6.07) is 7.39. The molecular formula is C21H30N2O5. The highest BCUT2D eigenvalue weighted by atomic mass is 16.5. The summed E-state index contributed by atoms with van der Waals surface area (Å²) in [5, 5.41) is 0. The molecule has 1 aromatic rings. The number of hydrogen-bond acceptors (Lipinski definition) is 6. The molecule has 28 heavy (non-hydrogen) atoms. The van der Waals surface area contributed by atoms with Crippen molar-refractivity contribution in [2.45, 2.75) is 45.6 Å². The zero-order valence-electron chi connectivity index (χ0n) is 16.9. The van der Waals surface area contributed by atoms with E-state index in [9.17, 15) is 9.59 Å². The minimum Gasteiger partial charge on any atom is -0.452 e. The van der Waals surface area contributed by atoms with Crippen molar-refractivity contribution in [2.75, 3.05) is 39.4 Å². The van der Waals surface area contributed by atoms with Crippen LogP contribution < -0.4 is 0 Å². The molecule has 0 spiro atoms. The Hall–Kier alpha value is -1.96. The molecule has 0 bridgehead atoms. The molecule has 3 rings (SSSR count). The number of amides is 1. The van der Waals surface area contributed by atoms with E-state index in [1.54, 1.807) is 17.0 Å². The third kappa shape index (κ3) is 5.77. The summed E-state index contributed by atoms with van der Waals surface area (Å²) in [5.74, 6) is -0.662. The minimum atomic E-state index is -0.477. The van der Waals surface area contributed by atoms with Crippen LogP contribution in [0, 0.1) is 0 Å². The Balaban J connectivity index is 1.47. The molecule has 1 aromatic carbocycles. The number of nitrogens with zero attached hydrogens (tertiary/aromatic N) is 2. The number of hydrogen-bond donors (Lipinski definition) is 0. The topological polar surface area (TPSA) is 68.3 Å². The lowest BCUT2D eigenvalue weighted by atomic mass is 10.1. The van der Waals surface area contributed by atoms with E-state index in [0.717, 1.165) is 25.2 Å². The highest BCUT2D eigenvalue weighted by molar-refractivity contribution is 5.91. The van der Waals surface area contributed by atoms with Crippen molar-refractivity contribution in [3.63, 3.8) is 0 Å². The van der Waals surface area contributed by atoms with E-state index in [1.807, 2.05) is 19.1 Å². The predicted molar refractivity (Wildman–Crippen MR) is 104 cm³/mol. The summed E-state index contributed by atoms with van der Waals surface area (Å²) < 4.78 is 16.4. The van der Waals surface area contributed by atoms with Gasteiger partial charge in [-0.15, -0.1) is 0 Å². The lowest BCUT2D eigenvalue weighted by molar-refractivity contribution is -0.141. The lowest BCUT2D eigenvalue weighted by Gasteiger charge is -2.35. The summed E-state index contributed by atoms with van der Waals surface area (Å²) in [6.45, 7) is 10.1. The number of benzene rings is 1. The Morgan fingerprint density at radius 2 is 1.71 bits per heavy atom. The molecule has 7 nitrogen and oxygen atoms in total. The summed E-state index contributed by atoms with van der Waals surface area (Å²) in [4.78, 5) is 28.5. The molecule has 2 aliphatic heterocycles. The molecule has 0 aromatic heterocycles. The number of carbonyl (C=O) groups excluding carboxylic acids is 2. The van der Waals surface area contributed by atoms with Crippen LogP contribution in [0.25, 0.3) is 0 Å². The van der Waals surface area contributed by atoms with Crippen LogP contribution in [0.2, 0.25) is 0 Å². The van der Waals surface area contributed by atoms with E-state index < -0.39 is 5.97 Å². The molecule has 2 aliphatic rings. The molecular weight excluding hydrogens is 360 g/mol. The number of esters is 1. The first-order valence-electron chi connectivity index (χ1n) is 9.94. The summed E-state index contributed by atoms with van der Waals surface area (Å²) in [7, 11) is 0. The maximum absolute atomic E-state index is 12.2. The van der Waals surface area contributed by atoms with Gasteiger partial charge >= 0.3 is 5.97 Å². The van der Waals surface area contributed by atoms with Crippen LogP contribution in [0.1, 0.15) is 36.7 Å². The number of ether oxygens (including phenoxy) is 3. The Bertz CT molecular complexity index is 668. The smallest absolute Gasteiger partial charge is 0.338 e. The van der Waals surface area contributed by atoms with Crippen LogP contribution in [0.15, 0.2) is 24.3 Å². The molecule has 7 heteroatoms. The van der Waals surface area contributed by atoms with Crippen LogP contribution in [-0.2, 0) is 25.5 Å². The SMILES string of the molecule is CC1CN(C(=O)COC(=O)c2ccc(CN3CC(C)OC(C)C3)cc2)CCO1. The van der Waals surface area contributed by atoms with Crippen LogP contribution in [0.5, 0.6) is 0 Å². The fourth-order valence-electron chi connectivity index (χ4n) is 3.76. The molecule has 3 unspecified atom stereocenters. The first kappa shape index (κ1) is 20.8. The highest BCUT2D eigenvalue weighted by Gasteiger charge is 2.23. The molecule has 1 amide bonds. The van der Waals surface area contributed by atoms with Crippen LogP contribution >= 0.6 is 0 Å². The van der Waals surface area contributed by atoms with Crippen molar-refractivity contribution in [3.05, 3.63) is 35.4 Å². The maximum Gasteiger partial charge on any atom is 0.338 e. The van der Waals surface area contributed by atoms with Gasteiger partial charge in [-0.3, -0.25) is 9.69 Å². The zero-order valence-corrected chi connectivity index (χ0v) is 16.9. The van der Waals surface area contributed by atoms with E-state index in [1.165, 1.54) is 0 Å². The average Bonchev–Trinajstić information content (AvgIpc) is 2.65. The molecule has 154 valence electrons. The number of morpholine rings is 2. The predicted octanol–water partition coefficient (Wildman–Crippen LogP) is 1.70. The van der Waals surface area contributed by atoms with E-state index >= 15 is 0 Å². The van der Waals surface area contributed by atoms with E-state index in [2.05, 4.69) is 18.7 Å². The molecule has 0 N–H and O–H groups in total. The van der Waals surface area contributed by atoms with Crippen molar-refractivity contribution in [2.24, 2.45) is 0 Å². The molecule has 0 radical (unpaired) electrons. The van der Waals surface area contributed by atoms with Gasteiger partial charge in [0.05, 0.1) is 30.5 Å². The van der Waals surface area contributed by atoms with Crippen molar-refractivity contribution in [3.8, 4) is 0 Å². The normalized spacial score (nSPS) is 26.1. The fraction of sp³-hybridized carbons (Fsp3) is 0.619. The summed E-state index contributed by atoms with van der Waals surface area (Å²) in [5.41, 5.74) is 1.59. The van der Waals surface area contributed by atoms with Gasteiger partial charge in [0.1, 0.15) is 0 Å². The molecule has 2 fully saturated rings. The van der Waals surface area contributed by atoms with Crippen LogP contribution in [0.3, 0.4) is 0 Å². The molecule has 0 aliphatic carbocycles. The van der Waals surface area contributed by atoms with Crippen LogP contribution in [-0.4, -0.2) is 79.4 Å². The maximum atomic E-state index is 12.2. The summed E-state index contributed by atoms with van der Waals surface area (Å²) in [6.07, 6.45) is 0.466. The minimum absolute atomic E-state index is 0.0124. The van der Waals surface area contributed by atoms with Gasteiger partial charge in [-0.25, -0.2) is 4.79 Å². The van der Waals surface area contributed by atoms with Crippen LogP contribution in [0.4, 0.5) is 0 Å². The Labute approximate surface area is 166 Å². The summed E-state index contributed by atoms with van der Waals surface area (Å²) >= 11 is 0. The van der Waals surface area contributed by atoms with Crippen molar-refractivity contribution in [1.82, 2.24) is 9.80 Å². The number of rotatable bonds is 5. The average molecular weight is 390 g/mol. The quantitative estimate of drug-likeness (QED) is 0.713. The lowest BCUT2D eigenvalue weighted by Crippen LogP contribution is -2.46. The Morgan fingerprint density at radius 3 is 2.36 bits per heavy atom.